The molecule has 0 spiro atoms. The maximum absolute atomic E-state index is 11.2. The van der Waals surface area contributed by atoms with Gasteiger partial charge in [-0.25, -0.2) is 8.42 Å². The number of sulfone groups is 1. The summed E-state index contributed by atoms with van der Waals surface area (Å²) < 4.78 is 23.5. The van der Waals surface area contributed by atoms with E-state index < -0.39 is 9.84 Å². The summed E-state index contributed by atoms with van der Waals surface area (Å²) in [5.41, 5.74) is 1.47. The van der Waals surface area contributed by atoms with E-state index in [-0.39, 0.29) is 35.1 Å². The van der Waals surface area contributed by atoms with Crippen LogP contribution in [0.25, 0.3) is 0 Å². The molecule has 0 atom stereocenters. The minimum Gasteiger partial charge on any atom is -0.356 e. The van der Waals surface area contributed by atoms with Gasteiger partial charge < -0.3 is 10.6 Å². The fourth-order valence-electron chi connectivity index (χ4n) is 3.25. The SMILES string of the molecule is CN=C(NCCS(C)(=O)=O)NCC1(c2ccc(Br)cc2)CCCC1.I. The van der Waals surface area contributed by atoms with E-state index in [1.54, 1.807) is 7.05 Å². The number of hydrogen-bond donors (Lipinski definition) is 2. The Hall–Kier alpha value is -0.350. The molecule has 0 amide bonds. The van der Waals surface area contributed by atoms with E-state index in [9.17, 15) is 8.42 Å². The number of nitrogens with one attached hydrogen (secondary N) is 2. The Kier molecular flexibility index (Phi) is 9.17. The zero-order chi connectivity index (χ0) is 17.6. The molecule has 5 nitrogen and oxygen atoms in total. The number of rotatable bonds is 6. The van der Waals surface area contributed by atoms with Crippen LogP contribution >= 0.6 is 39.9 Å². The van der Waals surface area contributed by atoms with Crippen molar-refractivity contribution in [2.45, 2.75) is 31.1 Å². The van der Waals surface area contributed by atoms with Crippen LogP contribution in [0.2, 0.25) is 0 Å². The molecule has 1 aliphatic rings. The minimum atomic E-state index is -2.97. The lowest BCUT2D eigenvalue weighted by Crippen LogP contribution is -2.45. The molecule has 8 heteroatoms. The smallest absolute Gasteiger partial charge is 0.191 e. The van der Waals surface area contributed by atoms with Crippen molar-refractivity contribution in [3.8, 4) is 0 Å². The second kappa shape index (κ2) is 10.1. The molecule has 1 aliphatic carbocycles. The normalized spacial score (nSPS) is 17.0. The highest BCUT2D eigenvalue weighted by atomic mass is 127. The molecule has 1 saturated carbocycles. The molecule has 0 aliphatic heterocycles. The molecule has 2 N–H and O–H groups in total. The molecular formula is C17H27BrIN3O2S. The third kappa shape index (κ3) is 7.05. The van der Waals surface area contributed by atoms with Crippen LogP contribution in [0.1, 0.15) is 31.2 Å². The molecule has 0 saturated heterocycles. The van der Waals surface area contributed by atoms with E-state index in [1.807, 2.05) is 0 Å². The predicted octanol–water partition coefficient (Wildman–Crippen LogP) is 3.09. The fraction of sp³-hybridized carbons (Fsp3) is 0.588. The van der Waals surface area contributed by atoms with Gasteiger partial charge in [-0.2, -0.15) is 0 Å². The third-order valence-electron chi connectivity index (χ3n) is 4.60. The van der Waals surface area contributed by atoms with Crippen molar-refractivity contribution in [3.63, 3.8) is 0 Å². The van der Waals surface area contributed by atoms with Gasteiger partial charge in [0.15, 0.2) is 5.96 Å². The van der Waals surface area contributed by atoms with Crippen LogP contribution in [-0.2, 0) is 15.3 Å². The highest BCUT2D eigenvalue weighted by molar-refractivity contribution is 14.0. The van der Waals surface area contributed by atoms with E-state index in [1.165, 1.54) is 24.7 Å². The first-order valence-corrected chi connectivity index (χ1v) is 11.1. The van der Waals surface area contributed by atoms with Crippen LogP contribution in [-0.4, -0.2) is 46.5 Å². The van der Waals surface area contributed by atoms with E-state index in [4.69, 9.17) is 0 Å². The molecule has 0 unspecified atom stereocenters. The first-order valence-electron chi connectivity index (χ1n) is 8.23. The molecule has 1 aromatic carbocycles. The fourth-order valence-corrected chi connectivity index (χ4v) is 3.99. The lowest BCUT2D eigenvalue weighted by molar-refractivity contribution is 0.432. The van der Waals surface area contributed by atoms with Gasteiger partial charge in [0, 0.05) is 36.3 Å². The highest BCUT2D eigenvalue weighted by Crippen LogP contribution is 2.40. The summed E-state index contributed by atoms with van der Waals surface area (Å²) in [6.45, 7) is 1.16. The van der Waals surface area contributed by atoms with Crippen LogP contribution in [0.4, 0.5) is 0 Å². The zero-order valence-electron chi connectivity index (χ0n) is 14.7. The van der Waals surface area contributed by atoms with Crippen molar-refractivity contribution in [1.82, 2.24) is 10.6 Å². The second-order valence-electron chi connectivity index (χ2n) is 6.48. The number of aliphatic imine (C=N–C) groups is 1. The van der Waals surface area contributed by atoms with Crippen molar-refractivity contribution in [3.05, 3.63) is 34.3 Å². The average Bonchev–Trinajstić information content (AvgIpc) is 3.00. The summed E-state index contributed by atoms with van der Waals surface area (Å²) in [5, 5.41) is 6.46. The van der Waals surface area contributed by atoms with Gasteiger partial charge in [-0.3, -0.25) is 4.99 Å². The minimum absolute atomic E-state index is 0. The number of guanidine groups is 1. The summed E-state index contributed by atoms with van der Waals surface area (Å²) in [7, 11) is -1.26. The number of nitrogens with zero attached hydrogens (tertiary/aromatic N) is 1. The molecule has 1 aromatic rings. The maximum atomic E-state index is 11.2. The van der Waals surface area contributed by atoms with E-state index >= 15 is 0 Å². The topological polar surface area (TPSA) is 70.6 Å². The molecule has 0 bridgehead atoms. The first-order chi connectivity index (χ1) is 11.3. The van der Waals surface area contributed by atoms with Crippen LogP contribution in [0.15, 0.2) is 33.7 Å². The number of benzene rings is 1. The van der Waals surface area contributed by atoms with Crippen LogP contribution in [0, 0.1) is 0 Å². The second-order valence-corrected chi connectivity index (χ2v) is 9.65. The molecule has 142 valence electrons. The lowest BCUT2D eigenvalue weighted by Gasteiger charge is -2.31. The lowest BCUT2D eigenvalue weighted by atomic mass is 9.79. The van der Waals surface area contributed by atoms with Crippen molar-refractivity contribution in [2.24, 2.45) is 4.99 Å². The molecule has 0 radical (unpaired) electrons. The Balaban J connectivity index is 0.00000312. The number of hydrogen-bond acceptors (Lipinski definition) is 3. The van der Waals surface area contributed by atoms with E-state index in [0.717, 1.165) is 23.9 Å². The van der Waals surface area contributed by atoms with Gasteiger partial charge in [0.1, 0.15) is 9.84 Å². The quantitative estimate of drug-likeness (QED) is 0.328. The molecule has 2 rings (SSSR count). The highest BCUT2D eigenvalue weighted by Gasteiger charge is 2.35. The standard InChI is InChI=1S/C17H26BrN3O2S.HI/c1-19-16(20-11-12-24(2,22)23)21-13-17(9-3-4-10-17)14-5-7-15(18)8-6-14;/h5-8H,3-4,9-13H2,1-2H3,(H2,19,20,21);1H. The molecule has 1 fully saturated rings. The van der Waals surface area contributed by atoms with Gasteiger partial charge in [-0.05, 0) is 30.5 Å². The van der Waals surface area contributed by atoms with Gasteiger partial charge in [0.05, 0.1) is 5.75 Å². The molecule has 0 heterocycles. The summed E-state index contributed by atoms with van der Waals surface area (Å²) in [5.74, 6) is 0.757. The summed E-state index contributed by atoms with van der Waals surface area (Å²) in [6.07, 6.45) is 6.02. The van der Waals surface area contributed by atoms with Crippen molar-refractivity contribution >= 4 is 55.7 Å². The summed E-state index contributed by atoms with van der Waals surface area (Å²) in [6, 6.07) is 8.57. The maximum Gasteiger partial charge on any atom is 0.191 e. The van der Waals surface area contributed by atoms with Gasteiger partial charge >= 0.3 is 0 Å². The van der Waals surface area contributed by atoms with Gasteiger partial charge in [-0.1, -0.05) is 40.9 Å². The summed E-state index contributed by atoms with van der Waals surface area (Å²) >= 11 is 3.50. The van der Waals surface area contributed by atoms with E-state index in [0.29, 0.717) is 12.5 Å². The van der Waals surface area contributed by atoms with Crippen LogP contribution < -0.4 is 10.6 Å². The summed E-state index contributed by atoms with van der Waals surface area (Å²) in [4.78, 5) is 4.20. The van der Waals surface area contributed by atoms with Crippen LogP contribution in [0.3, 0.4) is 0 Å². The zero-order valence-corrected chi connectivity index (χ0v) is 19.5. The number of halogens is 2. The Bertz CT molecular complexity index is 672. The Morgan fingerprint density at radius 3 is 2.32 bits per heavy atom. The van der Waals surface area contributed by atoms with Gasteiger partial charge in [0.25, 0.3) is 0 Å². The monoisotopic (exact) mass is 543 g/mol. The third-order valence-corrected chi connectivity index (χ3v) is 6.07. The van der Waals surface area contributed by atoms with Crippen molar-refractivity contribution in [2.75, 3.05) is 32.1 Å². The predicted molar refractivity (Wildman–Crippen MR) is 119 cm³/mol. The Morgan fingerprint density at radius 2 is 1.80 bits per heavy atom. The largest absolute Gasteiger partial charge is 0.356 e. The van der Waals surface area contributed by atoms with Crippen LogP contribution in [0.5, 0.6) is 0 Å². The first kappa shape index (κ1) is 22.7. The van der Waals surface area contributed by atoms with Crippen molar-refractivity contribution < 1.29 is 8.42 Å². The van der Waals surface area contributed by atoms with Gasteiger partial charge in [0.2, 0.25) is 0 Å². The Morgan fingerprint density at radius 1 is 1.20 bits per heavy atom. The van der Waals surface area contributed by atoms with Crippen molar-refractivity contribution in [1.29, 1.82) is 0 Å². The van der Waals surface area contributed by atoms with Gasteiger partial charge in [-0.15, -0.1) is 24.0 Å². The van der Waals surface area contributed by atoms with E-state index in [2.05, 4.69) is 55.8 Å². The average molecular weight is 544 g/mol. The molecule has 25 heavy (non-hydrogen) atoms. The molecular weight excluding hydrogens is 517 g/mol. The Labute approximate surface area is 176 Å². The molecule has 0 aromatic heterocycles.